The molecule has 5 rings (SSSR count). The highest BCUT2D eigenvalue weighted by Gasteiger charge is 2.23. The summed E-state index contributed by atoms with van der Waals surface area (Å²) in [5.74, 6) is -0.399. The van der Waals surface area contributed by atoms with E-state index in [1.54, 1.807) is 66.7 Å². The van der Waals surface area contributed by atoms with E-state index in [1.165, 1.54) is 16.8 Å². The number of ketones is 1. The van der Waals surface area contributed by atoms with Gasteiger partial charge in [-0.1, -0.05) is 36.4 Å². The van der Waals surface area contributed by atoms with Gasteiger partial charge in [0.2, 0.25) is 5.78 Å². The zero-order chi connectivity index (χ0) is 19.3. The fourth-order valence-corrected chi connectivity index (χ4v) is 3.37. The van der Waals surface area contributed by atoms with Crippen LogP contribution in [0.3, 0.4) is 0 Å². The van der Waals surface area contributed by atoms with Crippen molar-refractivity contribution in [3.05, 3.63) is 111 Å². The normalized spacial score (nSPS) is 11.3. The van der Waals surface area contributed by atoms with E-state index in [2.05, 4.69) is 0 Å². The summed E-state index contributed by atoms with van der Waals surface area (Å²) in [5, 5.41) is 0.657. The standard InChI is InChI=1S/C21H13N3O4/c25-19(18-11-6-12-28-18)17-13-14-7-4-5-10-16(14)23-20(26)22(21(27)24(17)23)15-8-2-1-3-9-15/h1-13H. The minimum atomic E-state index is -0.628. The molecule has 0 amide bonds. The molecule has 0 fully saturated rings. The maximum absolute atomic E-state index is 13.2. The number of carbonyl (C=O) groups is 1. The fourth-order valence-electron chi connectivity index (χ4n) is 3.37. The van der Waals surface area contributed by atoms with Crippen LogP contribution in [-0.2, 0) is 0 Å². The van der Waals surface area contributed by atoms with E-state index in [0.29, 0.717) is 16.6 Å². The molecule has 28 heavy (non-hydrogen) atoms. The van der Waals surface area contributed by atoms with Gasteiger partial charge in [-0.2, -0.15) is 9.03 Å². The highest BCUT2D eigenvalue weighted by atomic mass is 16.3. The van der Waals surface area contributed by atoms with Gasteiger partial charge >= 0.3 is 11.4 Å². The molecular formula is C21H13N3O4. The SMILES string of the molecule is O=C(c1ccco1)c1cc2ccccc2n2c(=O)n(-c3ccccc3)c(=O)n12. The summed E-state index contributed by atoms with van der Waals surface area (Å²) >= 11 is 0. The Bertz CT molecular complexity index is 1460. The topological polar surface area (TPSA) is 78.1 Å². The highest BCUT2D eigenvalue weighted by molar-refractivity contribution is 6.07. The van der Waals surface area contributed by atoms with Crippen LogP contribution in [0.2, 0.25) is 0 Å². The Kier molecular flexibility index (Phi) is 3.42. The molecule has 0 radical (unpaired) electrons. The summed E-state index contributed by atoms with van der Waals surface area (Å²) in [6, 6.07) is 20.4. The maximum atomic E-state index is 13.2. The van der Waals surface area contributed by atoms with Crippen molar-refractivity contribution < 1.29 is 9.21 Å². The van der Waals surface area contributed by atoms with Crippen LogP contribution in [-0.4, -0.2) is 19.4 Å². The number of hydrogen-bond donors (Lipinski definition) is 0. The van der Waals surface area contributed by atoms with Crippen molar-refractivity contribution in [1.82, 2.24) is 13.6 Å². The van der Waals surface area contributed by atoms with Crippen molar-refractivity contribution in [2.24, 2.45) is 0 Å². The lowest BCUT2D eigenvalue weighted by atomic mass is 10.1. The number of para-hydroxylation sites is 2. The zero-order valence-electron chi connectivity index (χ0n) is 14.5. The molecule has 3 heterocycles. The average molecular weight is 371 g/mol. The van der Waals surface area contributed by atoms with Crippen LogP contribution in [0.5, 0.6) is 0 Å². The number of carbonyl (C=O) groups excluding carboxylic acids is 1. The molecule has 0 bridgehead atoms. The number of hydrogen-bond acceptors (Lipinski definition) is 4. The first-order chi connectivity index (χ1) is 13.7. The molecule has 7 nitrogen and oxygen atoms in total. The molecule has 0 saturated heterocycles. The smallest absolute Gasteiger partial charge is 0.357 e. The van der Waals surface area contributed by atoms with E-state index in [9.17, 15) is 14.4 Å². The summed E-state index contributed by atoms with van der Waals surface area (Å²) in [7, 11) is 0. The second kappa shape index (κ2) is 5.95. The van der Waals surface area contributed by atoms with Gasteiger partial charge in [0.15, 0.2) is 5.76 Å². The summed E-state index contributed by atoms with van der Waals surface area (Å²) in [5.41, 5.74) is -0.187. The van der Waals surface area contributed by atoms with Gasteiger partial charge < -0.3 is 4.42 Å². The molecule has 0 unspecified atom stereocenters. The molecule has 2 aromatic carbocycles. The first-order valence-corrected chi connectivity index (χ1v) is 8.59. The molecule has 3 aromatic heterocycles. The van der Waals surface area contributed by atoms with Gasteiger partial charge in [0.05, 0.1) is 17.5 Å². The molecule has 0 N–H and O–H groups in total. The highest BCUT2D eigenvalue weighted by Crippen LogP contribution is 2.17. The summed E-state index contributed by atoms with van der Waals surface area (Å²) < 4.78 is 8.58. The molecule has 5 aromatic rings. The average Bonchev–Trinajstić information content (AvgIpc) is 3.35. The van der Waals surface area contributed by atoms with Crippen LogP contribution in [0.4, 0.5) is 0 Å². The van der Waals surface area contributed by atoms with Gasteiger partial charge in [-0.25, -0.2) is 14.2 Å². The lowest BCUT2D eigenvalue weighted by Gasteiger charge is -2.07. The maximum Gasteiger partial charge on any atom is 0.357 e. The first kappa shape index (κ1) is 16.1. The largest absolute Gasteiger partial charge is 0.461 e. The monoisotopic (exact) mass is 371 g/mol. The van der Waals surface area contributed by atoms with Crippen molar-refractivity contribution in [3.63, 3.8) is 0 Å². The van der Waals surface area contributed by atoms with Gasteiger partial charge in [0.1, 0.15) is 5.69 Å². The lowest BCUT2D eigenvalue weighted by molar-refractivity contribution is 0.100. The molecular weight excluding hydrogens is 358 g/mol. The van der Waals surface area contributed by atoms with Crippen LogP contribution in [0.25, 0.3) is 16.6 Å². The molecule has 0 aliphatic heterocycles. The van der Waals surface area contributed by atoms with Crippen LogP contribution in [0.15, 0.2) is 93.1 Å². The number of benzene rings is 2. The molecule has 7 heteroatoms. The van der Waals surface area contributed by atoms with Crippen molar-refractivity contribution in [2.75, 3.05) is 0 Å². The van der Waals surface area contributed by atoms with E-state index in [4.69, 9.17) is 4.42 Å². The number of furan rings is 1. The van der Waals surface area contributed by atoms with Crippen LogP contribution >= 0.6 is 0 Å². The molecule has 0 aliphatic carbocycles. The summed E-state index contributed by atoms with van der Waals surface area (Å²) in [4.78, 5) is 39.4. The predicted octanol–water partition coefficient (Wildman–Crippen LogP) is 2.53. The Hall–Kier alpha value is -4.13. The Morgan fingerprint density at radius 1 is 0.786 bits per heavy atom. The molecule has 0 aliphatic rings. The van der Waals surface area contributed by atoms with E-state index in [-0.39, 0.29) is 11.5 Å². The lowest BCUT2D eigenvalue weighted by Crippen LogP contribution is -2.26. The van der Waals surface area contributed by atoms with Crippen LogP contribution in [0.1, 0.15) is 16.2 Å². The van der Waals surface area contributed by atoms with Crippen molar-refractivity contribution in [2.45, 2.75) is 0 Å². The zero-order valence-corrected chi connectivity index (χ0v) is 14.5. The number of fused-ring (bicyclic) bond motifs is 3. The second-order valence-corrected chi connectivity index (χ2v) is 6.25. The third kappa shape index (κ3) is 2.20. The Balaban J connectivity index is 1.97. The minimum Gasteiger partial charge on any atom is -0.461 e. The van der Waals surface area contributed by atoms with Crippen molar-refractivity contribution in [1.29, 1.82) is 0 Å². The van der Waals surface area contributed by atoms with Crippen LogP contribution in [0, 0.1) is 0 Å². The Labute approximate surface area is 157 Å². The van der Waals surface area contributed by atoms with E-state index < -0.39 is 17.2 Å². The third-order valence-electron chi connectivity index (χ3n) is 4.62. The quantitative estimate of drug-likeness (QED) is 0.457. The fraction of sp³-hybridized carbons (Fsp3) is 0. The van der Waals surface area contributed by atoms with Crippen LogP contribution < -0.4 is 11.4 Å². The molecule has 0 saturated carbocycles. The van der Waals surface area contributed by atoms with Gasteiger partial charge in [-0.15, -0.1) is 0 Å². The van der Waals surface area contributed by atoms with Gasteiger partial charge in [-0.3, -0.25) is 4.79 Å². The number of rotatable bonds is 3. The van der Waals surface area contributed by atoms with Gasteiger partial charge in [0.25, 0.3) is 0 Å². The van der Waals surface area contributed by atoms with Gasteiger partial charge in [-0.05, 0) is 36.4 Å². The van der Waals surface area contributed by atoms with E-state index >= 15 is 0 Å². The molecule has 136 valence electrons. The molecule has 0 spiro atoms. The van der Waals surface area contributed by atoms with E-state index in [0.717, 1.165) is 9.08 Å². The van der Waals surface area contributed by atoms with Crippen molar-refractivity contribution in [3.8, 4) is 5.69 Å². The summed E-state index contributed by atoms with van der Waals surface area (Å²) in [6.07, 6.45) is 1.38. The van der Waals surface area contributed by atoms with Crippen molar-refractivity contribution >= 4 is 16.7 Å². The predicted molar refractivity (Wildman–Crippen MR) is 102 cm³/mol. The Morgan fingerprint density at radius 2 is 1.50 bits per heavy atom. The third-order valence-corrected chi connectivity index (χ3v) is 4.62. The number of aromatic nitrogens is 3. The molecule has 0 atom stereocenters. The summed E-state index contributed by atoms with van der Waals surface area (Å²) in [6.45, 7) is 0. The van der Waals surface area contributed by atoms with Gasteiger partial charge in [0, 0.05) is 5.39 Å². The Morgan fingerprint density at radius 3 is 2.25 bits per heavy atom. The number of nitrogens with zero attached hydrogens (tertiary/aromatic N) is 3. The first-order valence-electron chi connectivity index (χ1n) is 8.59. The van der Waals surface area contributed by atoms with E-state index in [1.807, 2.05) is 0 Å². The minimum absolute atomic E-state index is 0.0467. The second-order valence-electron chi connectivity index (χ2n) is 6.25.